The van der Waals surface area contributed by atoms with E-state index in [1.54, 1.807) is 0 Å². The summed E-state index contributed by atoms with van der Waals surface area (Å²) < 4.78 is 0. The summed E-state index contributed by atoms with van der Waals surface area (Å²) in [5.74, 6) is 0.0694. The van der Waals surface area contributed by atoms with E-state index >= 15 is 0 Å². The van der Waals surface area contributed by atoms with Crippen LogP contribution in [0.2, 0.25) is 0 Å². The van der Waals surface area contributed by atoms with E-state index in [9.17, 15) is 4.79 Å². The van der Waals surface area contributed by atoms with Crippen molar-refractivity contribution in [1.82, 2.24) is 0 Å². The molecule has 2 aliphatic rings. The Balaban J connectivity index is 1.68. The number of anilines is 1. The number of nitrogens with one attached hydrogen (secondary N) is 1. The second kappa shape index (κ2) is 4.43. The number of amides is 1. The van der Waals surface area contributed by atoms with Crippen LogP contribution >= 0.6 is 0 Å². The first kappa shape index (κ1) is 12.6. The minimum Gasteiger partial charge on any atom is -0.326 e. The highest BCUT2D eigenvalue weighted by atomic mass is 16.1. The molecule has 1 fully saturated rings. The van der Waals surface area contributed by atoms with Crippen molar-refractivity contribution in [3.63, 3.8) is 0 Å². The third-order valence-corrected chi connectivity index (χ3v) is 4.85. The van der Waals surface area contributed by atoms with E-state index in [4.69, 9.17) is 5.73 Å². The van der Waals surface area contributed by atoms with Crippen molar-refractivity contribution >= 4 is 11.6 Å². The van der Waals surface area contributed by atoms with Crippen LogP contribution in [0.1, 0.15) is 35.6 Å². The van der Waals surface area contributed by atoms with Crippen molar-refractivity contribution in [2.75, 3.05) is 5.32 Å². The molecule has 1 aliphatic carbocycles. The predicted octanol–water partition coefficient (Wildman–Crippen LogP) is 2.91. The van der Waals surface area contributed by atoms with E-state index in [1.165, 1.54) is 5.56 Å². The molecule has 2 aromatic carbocycles. The average Bonchev–Trinajstić information content (AvgIpc) is 3.23. The van der Waals surface area contributed by atoms with Crippen LogP contribution in [0.3, 0.4) is 0 Å². The predicted molar refractivity (Wildman–Crippen MR) is 83.1 cm³/mol. The Morgan fingerprint density at radius 1 is 1.10 bits per heavy atom. The molecule has 1 saturated carbocycles. The maximum atomic E-state index is 11.5. The lowest BCUT2D eigenvalue weighted by Gasteiger charge is -2.24. The molecule has 1 amide bonds. The highest BCUT2D eigenvalue weighted by Gasteiger charge is 2.49. The molecule has 4 rings (SSSR count). The molecule has 3 N–H and O–H groups in total. The normalized spacial score (nSPS) is 19.8. The van der Waals surface area contributed by atoms with Crippen LogP contribution in [0.15, 0.2) is 48.5 Å². The van der Waals surface area contributed by atoms with E-state index in [2.05, 4.69) is 41.7 Å². The smallest absolute Gasteiger partial charge is 0.228 e. The van der Waals surface area contributed by atoms with Crippen molar-refractivity contribution in [2.24, 2.45) is 5.73 Å². The van der Waals surface area contributed by atoms with Gasteiger partial charge in [-0.1, -0.05) is 42.5 Å². The van der Waals surface area contributed by atoms with E-state index in [0.717, 1.165) is 29.7 Å². The number of carbonyl (C=O) groups is 1. The second-order valence-corrected chi connectivity index (χ2v) is 6.14. The summed E-state index contributed by atoms with van der Waals surface area (Å²) in [6, 6.07) is 16.7. The molecule has 3 heteroatoms. The van der Waals surface area contributed by atoms with Crippen molar-refractivity contribution < 1.29 is 4.79 Å². The lowest BCUT2D eigenvalue weighted by Crippen LogP contribution is -2.26. The van der Waals surface area contributed by atoms with Gasteiger partial charge in [0.25, 0.3) is 0 Å². The summed E-state index contributed by atoms with van der Waals surface area (Å²) in [7, 11) is 0. The Hall–Kier alpha value is -2.13. The molecule has 21 heavy (non-hydrogen) atoms. The van der Waals surface area contributed by atoms with Gasteiger partial charge in [0.15, 0.2) is 0 Å². The molecule has 0 bridgehead atoms. The molecular formula is C18H18N2O. The van der Waals surface area contributed by atoms with Gasteiger partial charge in [-0.3, -0.25) is 4.79 Å². The lowest BCUT2D eigenvalue weighted by atomic mass is 9.84. The van der Waals surface area contributed by atoms with Crippen LogP contribution in [0.5, 0.6) is 0 Å². The van der Waals surface area contributed by atoms with Gasteiger partial charge in [-0.15, -0.1) is 0 Å². The standard InChI is InChI=1S/C18H18N2O/c19-17(18(8-9-18)14-4-2-1-3-5-14)12-6-7-15-13(10-12)11-16(21)20-15/h1-7,10,17H,8-9,11,19H2,(H,20,21). The van der Waals surface area contributed by atoms with Gasteiger partial charge in [0.1, 0.15) is 0 Å². The average molecular weight is 278 g/mol. The molecule has 1 unspecified atom stereocenters. The molecule has 1 heterocycles. The largest absolute Gasteiger partial charge is 0.326 e. The van der Waals surface area contributed by atoms with Gasteiger partial charge in [-0.05, 0) is 35.6 Å². The fraction of sp³-hybridized carbons (Fsp3) is 0.278. The van der Waals surface area contributed by atoms with Gasteiger partial charge in [-0.25, -0.2) is 0 Å². The molecule has 1 atom stereocenters. The summed E-state index contributed by atoms with van der Waals surface area (Å²) in [4.78, 5) is 11.5. The van der Waals surface area contributed by atoms with Crippen LogP contribution in [0.4, 0.5) is 5.69 Å². The van der Waals surface area contributed by atoms with Gasteiger partial charge < -0.3 is 11.1 Å². The maximum Gasteiger partial charge on any atom is 0.228 e. The third kappa shape index (κ3) is 1.96. The number of benzene rings is 2. The zero-order valence-corrected chi connectivity index (χ0v) is 11.8. The number of hydrogen-bond acceptors (Lipinski definition) is 2. The second-order valence-electron chi connectivity index (χ2n) is 6.14. The molecule has 2 aromatic rings. The first-order chi connectivity index (χ1) is 10.2. The Morgan fingerprint density at radius 2 is 1.86 bits per heavy atom. The Labute approximate surface area is 124 Å². The Morgan fingerprint density at radius 3 is 2.57 bits per heavy atom. The SMILES string of the molecule is NC(c1ccc2c(c1)CC(=O)N2)C1(c2ccccc2)CC1. The first-order valence-corrected chi connectivity index (χ1v) is 7.43. The van der Waals surface area contributed by atoms with Crippen LogP contribution in [0, 0.1) is 0 Å². The Bertz CT molecular complexity index is 704. The van der Waals surface area contributed by atoms with Crippen molar-refractivity contribution in [3.8, 4) is 0 Å². The molecule has 3 nitrogen and oxygen atoms in total. The molecule has 0 aromatic heterocycles. The summed E-state index contributed by atoms with van der Waals surface area (Å²) >= 11 is 0. The van der Waals surface area contributed by atoms with Crippen molar-refractivity contribution in [1.29, 1.82) is 0 Å². The van der Waals surface area contributed by atoms with Gasteiger partial charge >= 0.3 is 0 Å². The van der Waals surface area contributed by atoms with Gasteiger partial charge in [0.2, 0.25) is 5.91 Å². The summed E-state index contributed by atoms with van der Waals surface area (Å²) in [5.41, 5.74) is 11.1. The van der Waals surface area contributed by atoms with Crippen molar-refractivity contribution in [3.05, 3.63) is 65.2 Å². The van der Waals surface area contributed by atoms with Gasteiger partial charge in [-0.2, -0.15) is 0 Å². The summed E-state index contributed by atoms with van der Waals surface area (Å²) in [6.45, 7) is 0. The highest BCUT2D eigenvalue weighted by Crippen LogP contribution is 2.55. The monoisotopic (exact) mass is 278 g/mol. The fourth-order valence-electron chi connectivity index (χ4n) is 3.45. The fourth-order valence-corrected chi connectivity index (χ4v) is 3.45. The molecule has 1 aliphatic heterocycles. The Kier molecular flexibility index (Phi) is 2.66. The topological polar surface area (TPSA) is 55.1 Å². The molecular weight excluding hydrogens is 260 g/mol. The minimum atomic E-state index is -0.0131. The number of carbonyl (C=O) groups excluding carboxylic acids is 1. The van der Waals surface area contributed by atoms with E-state index in [1.807, 2.05) is 12.1 Å². The molecule has 0 spiro atoms. The van der Waals surface area contributed by atoms with Crippen LogP contribution < -0.4 is 11.1 Å². The minimum absolute atomic E-state index is 0.0131. The first-order valence-electron chi connectivity index (χ1n) is 7.43. The maximum absolute atomic E-state index is 11.5. The van der Waals surface area contributed by atoms with E-state index < -0.39 is 0 Å². The summed E-state index contributed by atoms with van der Waals surface area (Å²) in [5, 5.41) is 2.87. The zero-order chi connectivity index (χ0) is 14.4. The summed E-state index contributed by atoms with van der Waals surface area (Å²) in [6.07, 6.45) is 2.73. The molecule has 0 radical (unpaired) electrons. The highest BCUT2D eigenvalue weighted by molar-refractivity contribution is 5.99. The molecule has 106 valence electrons. The zero-order valence-electron chi connectivity index (χ0n) is 11.8. The number of nitrogens with two attached hydrogens (primary N) is 1. The molecule has 0 saturated heterocycles. The number of rotatable bonds is 3. The van der Waals surface area contributed by atoms with Crippen LogP contribution in [0.25, 0.3) is 0 Å². The number of hydrogen-bond donors (Lipinski definition) is 2. The van der Waals surface area contributed by atoms with Crippen LogP contribution in [-0.4, -0.2) is 5.91 Å². The number of fused-ring (bicyclic) bond motifs is 1. The third-order valence-electron chi connectivity index (χ3n) is 4.85. The van der Waals surface area contributed by atoms with E-state index in [-0.39, 0.29) is 17.4 Å². The van der Waals surface area contributed by atoms with Gasteiger partial charge in [0, 0.05) is 17.1 Å². The lowest BCUT2D eigenvalue weighted by molar-refractivity contribution is -0.115. The van der Waals surface area contributed by atoms with Crippen molar-refractivity contribution in [2.45, 2.75) is 30.7 Å². The van der Waals surface area contributed by atoms with Gasteiger partial charge in [0.05, 0.1) is 6.42 Å². The quantitative estimate of drug-likeness (QED) is 0.907. The van der Waals surface area contributed by atoms with Crippen LogP contribution in [-0.2, 0) is 16.6 Å². The van der Waals surface area contributed by atoms with E-state index in [0.29, 0.717) is 6.42 Å².